The first-order valence-electron chi connectivity index (χ1n) is 8.39. The zero-order chi connectivity index (χ0) is 17.1. The minimum absolute atomic E-state index is 0.127. The Hall–Kier alpha value is -1.95. The molecule has 2 aliphatic rings. The number of hydrogen-bond donors (Lipinski definition) is 1. The Morgan fingerprint density at radius 3 is 2.42 bits per heavy atom. The van der Waals surface area contributed by atoms with Gasteiger partial charge in [0.15, 0.2) is 0 Å². The number of para-hydroxylation sites is 1. The molecule has 2 aliphatic heterocycles. The van der Waals surface area contributed by atoms with Gasteiger partial charge in [0, 0.05) is 39.3 Å². The molecule has 0 unspecified atom stereocenters. The maximum atomic E-state index is 12.7. The van der Waals surface area contributed by atoms with Gasteiger partial charge in [-0.3, -0.25) is 4.79 Å². The van der Waals surface area contributed by atoms with Crippen molar-refractivity contribution in [1.29, 1.82) is 0 Å². The van der Waals surface area contributed by atoms with Crippen LogP contribution in [0.4, 0.5) is 10.5 Å². The number of anilines is 1. The van der Waals surface area contributed by atoms with Crippen molar-refractivity contribution in [2.45, 2.75) is 12.8 Å². The van der Waals surface area contributed by atoms with Gasteiger partial charge in [-0.2, -0.15) is 0 Å². The number of benzene rings is 1. The van der Waals surface area contributed by atoms with Gasteiger partial charge in [-0.1, -0.05) is 23.7 Å². The van der Waals surface area contributed by atoms with E-state index in [9.17, 15) is 9.59 Å². The Bertz CT molecular complexity index is 616. The van der Waals surface area contributed by atoms with Crippen LogP contribution in [0.1, 0.15) is 12.8 Å². The van der Waals surface area contributed by atoms with Crippen LogP contribution < -0.4 is 10.6 Å². The number of carbonyl (C=O) groups excluding carboxylic acids is 2. The van der Waals surface area contributed by atoms with Gasteiger partial charge < -0.3 is 20.4 Å². The maximum Gasteiger partial charge on any atom is 0.314 e. The molecule has 2 fully saturated rings. The van der Waals surface area contributed by atoms with Crippen LogP contribution in [0.2, 0.25) is 5.02 Å². The molecule has 0 spiro atoms. The summed E-state index contributed by atoms with van der Waals surface area (Å²) in [7, 11) is 0. The van der Waals surface area contributed by atoms with E-state index in [-0.39, 0.29) is 11.8 Å². The lowest BCUT2D eigenvalue weighted by Gasteiger charge is -2.39. The molecule has 0 aliphatic carbocycles. The van der Waals surface area contributed by atoms with Gasteiger partial charge in [-0.15, -0.1) is 0 Å². The highest BCUT2D eigenvalue weighted by molar-refractivity contribution is 6.33. The van der Waals surface area contributed by atoms with Crippen molar-refractivity contribution < 1.29 is 9.59 Å². The van der Waals surface area contributed by atoms with Crippen LogP contribution in [0.15, 0.2) is 24.3 Å². The topological polar surface area (TPSA) is 69.9 Å². The zero-order valence-corrected chi connectivity index (χ0v) is 14.4. The number of rotatable bonds is 2. The molecular weight excluding hydrogens is 328 g/mol. The average molecular weight is 351 g/mol. The molecule has 0 radical (unpaired) electrons. The number of nitrogens with zero attached hydrogens (tertiary/aromatic N) is 3. The average Bonchev–Trinajstić information content (AvgIpc) is 2.62. The van der Waals surface area contributed by atoms with Crippen LogP contribution >= 0.6 is 11.6 Å². The zero-order valence-electron chi connectivity index (χ0n) is 13.7. The van der Waals surface area contributed by atoms with E-state index in [2.05, 4.69) is 4.90 Å². The molecule has 24 heavy (non-hydrogen) atoms. The van der Waals surface area contributed by atoms with Crippen molar-refractivity contribution in [3.63, 3.8) is 0 Å². The molecule has 1 aromatic rings. The van der Waals surface area contributed by atoms with Gasteiger partial charge in [0.05, 0.1) is 16.6 Å². The first-order chi connectivity index (χ1) is 11.6. The normalized spacial score (nSPS) is 21.7. The Kier molecular flexibility index (Phi) is 5.14. The lowest BCUT2D eigenvalue weighted by Crippen LogP contribution is -2.53. The second-order valence-corrected chi connectivity index (χ2v) is 6.79. The molecule has 1 atom stereocenters. The molecule has 6 nitrogen and oxygen atoms in total. The van der Waals surface area contributed by atoms with E-state index in [0.717, 1.165) is 36.6 Å². The van der Waals surface area contributed by atoms with Gasteiger partial charge in [0.25, 0.3) is 0 Å². The van der Waals surface area contributed by atoms with Gasteiger partial charge in [-0.05, 0) is 25.0 Å². The SMILES string of the molecule is NC(=O)N1CCC[C@@H](C(=O)N2CCN(c3ccccc3Cl)CC2)C1. The fourth-order valence-corrected chi connectivity index (χ4v) is 3.77. The fraction of sp³-hybridized carbons (Fsp3) is 0.529. The number of urea groups is 1. The quantitative estimate of drug-likeness (QED) is 0.883. The first kappa shape index (κ1) is 16.9. The molecule has 1 aromatic carbocycles. The number of piperidine rings is 1. The summed E-state index contributed by atoms with van der Waals surface area (Å²) in [5, 5.41) is 0.738. The number of likely N-dealkylation sites (tertiary alicyclic amines) is 1. The number of halogens is 1. The summed E-state index contributed by atoms with van der Waals surface area (Å²) in [6.45, 7) is 3.98. The van der Waals surface area contributed by atoms with Crippen LogP contribution in [0, 0.1) is 5.92 Å². The van der Waals surface area contributed by atoms with Gasteiger partial charge in [0.1, 0.15) is 0 Å². The number of carbonyl (C=O) groups is 2. The van der Waals surface area contributed by atoms with E-state index < -0.39 is 6.03 Å². The third-order valence-electron chi connectivity index (χ3n) is 4.87. The van der Waals surface area contributed by atoms with Crippen molar-refractivity contribution in [3.8, 4) is 0 Å². The third kappa shape index (κ3) is 3.59. The number of amides is 3. The summed E-state index contributed by atoms with van der Waals surface area (Å²) < 4.78 is 0. The third-order valence-corrected chi connectivity index (χ3v) is 5.19. The molecular formula is C17H23ClN4O2. The number of primary amides is 1. The summed E-state index contributed by atoms with van der Waals surface area (Å²) in [5.41, 5.74) is 6.37. The van der Waals surface area contributed by atoms with Crippen LogP contribution in [-0.4, -0.2) is 61.0 Å². The molecule has 2 heterocycles. The number of nitrogens with two attached hydrogens (primary N) is 1. The molecule has 2 saturated heterocycles. The van der Waals surface area contributed by atoms with E-state index >= 15 is 0 Å². The highest BCUT2D eigenvalue weighted by atomic mass is 35.5. The summed E-state index contributed by atoms with van der Waals surface area (Å²) in [4.78, 5) is 29.8. The molecule has 3 amide bonds. The van der Waals surface area contributed by atoms with E-state index in [1.165, 1.54) is 0 Å². The Morgan fingerprint density at radius 1 is 1.04 bits per heavy atom. The maximum absolute atomic E-state index is 12.7. The van der Waals surface area contributed by atoms with Crippen LogP contribution in [-0.2, 0) is 4.79 Å². The Balaban J connectivity index is 1.57. The second-order valence-electron chi connectivity index (χ2n) is 6.39. The molecule has 0 saturated carbocycles. The monoisotopic (exact) mass is 350 g/mol. The highest BCUT2D eigenvalue weighted by Crippen LogP contribution is 2.27. The lowest BCUT2D eigenvalue weighted by molar-refractivity contribution is -0.137. The van der Waals surface area contributed by atoms with Crippen molar-refractivity contribution in [2.75, 3.05) is 44.2 Å². The minimum atomic E-state index is -0.434. The van der Waals surface area contributed by atoms with Crippen LogP contribution in [0.3, 0.4) is 0 Å². The standard InChI is InChI=1S/C17H23ClN4O2/c18-14-5-1-2-6-15(14)20-8-10-21(11-9-20)16(23)13-4-3-7-22(12-13)17(19)24/h1-2,5-6,13H,3-4,7-12H2,(H2,19,24)/t13-/m1/s1. The molecule has 0 aromatic heterocycles. The molecule has 0 bridgehead atoms. The molecule has 130 valence electrons. The fourth-order valence-electron chi connectivity index (χ4n) is 3.51. The van der Waals surface area contributed by atoms with Crippen LogP contribution in [0.5, 0.6) is 0 Å². The van der Waals surface area contributed by atoms with E-state index in [4.69, 9.17) is 17.3 Å². The van der Waals surface area contributed by atoms with Gasteiger partial charge in [0.2, 0.25) is 5.91 Å². The summed E-state index contributed by atoms with van der Waals surface area (Å²) in [6.07, 6.45) is 1.66. The number of piperazine rings is 1. The molecule has 3 rings (SSSR count). The second kappa shape index (κ2) is 7.30. The Morgan fingerprint density at radius 2 is 1.75 bits per heavy atom. The largest absolute Gasteiger partial charge is 0.367 e. The lowest BCUT2D eigenvalue weighted by atomic mass is 9.96. The molecule has 2 N–H and O–H groups in total. The minimum Gasteiger partial charge on any atom is -0.367 e. The van der Waals surface area contributed by atoms with Crippen molar-refractivity contribution in [1.82, 2.24) is 9.80 Å². The van der Waals surface area contributed by atoms with E-state index in [1.54, 1.807) is 4.90 Å². The summed E-state index contributed by atoms with van der Waals surface area (Å²) >= 11 is 6.25. The van der Waals surface area contributed by atoms with Crippen molar-refractivity contribution in [3.05, 3.63) is 29.3 Å². The van der Waals surface area contributed by atoms with E-state index in [0.29, 0.717) is 26.2 Å². The Labute approximate surface area is 147 Å². The van der Waals surface area contributed by atoms with Crippen LogP contribution in [0.25, 0.3) is 0 Å². The van der Waals surface area contributed by atoms with E-state index in [1.807, 2.05) is 29.2 Å². The highest BCUT2D eigenvalue weighted by Gasteiger charge is 2.32. The predicted octanol–water partition coefficient (Wildman–Crippen LogP) is 1.78. The smallest absolute Gasteiger partial charge is 0.314 e. The molecule has 7 heteroatoms. The van der Waals surface area contributed by atoms with Gasteiger partial charge in [-0.25, -0.2) is 4.79 Å². The van der Waals surface area contributed by atoms with Crippen molar-refractivity contribution in [2.24, 2.45) is 11.7 Å². The van der Waals surface area contributed by atoms with Crippen molar-refractivity contribution >= 4 is 29.2 Å². The number of hydrogen-bond acceptors (Lipinski definition) is 3. The summed E-state index contributed by atoms with van der Waals surface area (Å²) in [6, 6.07) is 7.34. The summed E-state index contributed by atoms with van der Waals surface area (Å²) in [5.74, 6) is 0.0119. The van der Waals surface area contributed by atoms with Gasteiger partial charge >= 0.3 is 6.03 Å². The first-order valence-corrected chi connectivity index (χ1v) is 8.76. The predicted molar refractivity (Wildman–Crippen MR) is 94.1 cm³/mol.